The Morgan fingerprint density at radius 3 is 2.46 bits per heavy atom. The number of aliphatic hydroxyl groups excluding tert-OH is 1. The van der Waals surface area contributed by atoms with Crippen molar-refractivity contribution in [1.29, 1.82) is 0 Å². The van der Waals surface area contributed by atoms with Gasteiger partial charge in [-0.05, 0) is 44.5 Å². The Kier molecular flexibility index (Phi) is 8.61. The van der Waals surface area contributed by atoms with Gasteiger partial charge >= 0.3 is 6.09 Å². The van der Waals surface area contributed by atoms with Crippen LogP contribution < -0.4 is 15.5 Å². The lowest BCUT2D eigenvalue weighted by molar-refractivity contribution is -0.140. The van der Waals surface area contributed by atoms with Crippen molar-refractivity contribution in [3.63, 3.8) is 0 Å². The van der Waals surface area contributed by atoms with Crippen LogP contribution in [0.4, 0.5) is 16.2 Å². The van der Waals surface area contributed by atoms with Crippen LogP contribution in [-0.4, -0.2) is 82.3 Å². The number of aliphatic hydroxyl groups is 1. The SMILES string of the molecule is CC(C)(C)NC(=O)OC(Cc1ccc(Cl)cc1)C(=O)N1CCN(c2ccnc3[nH]cc(NC(=O)CO)c23)CC1. The molecule has 2 aromatic heterocycles. The summed E-state index contributed by atoms with van der Waals surface area (Å²) < 4.78 is 5.64. The molecule has 1 aliphatic heterocycles. The van der Waals surface area contributed by atoms with Gasteiger partial charge in [0.15, 0.2) is 6.10 Å². The summed E-state index contributed by atoms with van der Waals surface area (Å²) in [5.41, 5.74) is 2.27. The number of rotatable bonds is 7. The first-order valence-corrected chi connectivity index (χ1v) is 13.1. The van der Waals surface area contributed by atoms with Crippen LogP contribution in [0.25, 0.3) is 11.0 Å². The van der Waals surface area contributed by atoms with Gasteiger partial charge in [-0.1, -0.05) is 23.7 Å². The summed E-state index contributed by atoms with van der Waals surface area (Å²) in [4.78, 5) is 49.1. The molecule has 1 aromatic carbocycles. The number of amides is 3. The van der Waals surface area contributed by atoms with E-state index in [2.05, 4.69) is 25.5 Å². The molecular weight excluding hydrogens is 524 g/mol. The van der Waals surface area contributed by atoms with Gasteiger partial charge in [-0.15, -0.1) is 0 Å². The number of alkyl carbamates (subject to hydrolysis) is 1. The molecule has 1 saturated heterocycles. The van der Waals surface area contributed by atoms with Gasteiger partial charge in [0.1, 0.15) is 12.3 Å². The topological polar surface area (TPSA) is 140 Å². The van der Waals surface area contributed by atoms with E-state index in [0.29, 0.717) is 42.5 Å². The molecule has 1 unspecified atom stereocenters. The van der Waals surface area contributed by atoms with Crippen molar-refractivity contribution < 1.29 is 24.2 Å². The molecule has 11 nitrogen and oxygen atoms in total. The van der Waals surface area contributed by atoms with Crippen molar-refractivity contribution in [1.82, 2.24) is 20.2 Å². The summed E-state index contributed by atoms with van der Waals surface area (Å²) in [6.07, 6.45) is 1.87. The highest BCUT2D eigenvalue weighted by Crippen LogP contribution is 2.32. The van der Waals surface area contributed by atoms with Crippen LogP contribution in [0.1, 0.15) is 26.3 Å². The van der Waals surface area contributed by atoms with Crippen LogP contribution in [0.2, 0.25) is 5.02 Å². The molecular formula is C27H33ClN6O5. The lowest BCUT2D eigenvalue weighted by atomic mass is 10.1. The quantitative estimate of drug-likeness (QED) is 0.351. The fourth-order valence-corrected chi connectivity index (χ4v) is 4.57. The van der Waals surface area contributed by atoms with E-state index < -0.39 is 30.3 Å². The van der Waals surface area contributed by atoms with E-state index in [1.165, 1.54) is 0 Å². The number of ether oxygens (including phenoxy) is 1. The molecule has 4 rings (SSSR count). The molecule has 3 heterocycles. The summed E-state index contributed by atoms with van der Waals surface area (Å²) in [5.74, 6) is -0.797. The van der Waals surface area contributed by atoms with Crippen molar-refractivity contribution in [3.8, 4) is 0 Å². The Labute approximate surface area is 231 Å². The number of benzene rings is 1. The highest BCUT2D eigenvalue weighted by molar-refractivity contribution is 6.30. The van der Waals surface area contributed by atoms with Crippen LogP contribution in [0, 0.1) is 0 Å². The van der Waals surface area contributed by atoms with E-state index in [0.717, 1.165) is 16.6 Å². The average molecular weight is 557 g/mol. The molecule has 0 saturated carbocycles. The largest absolute Gasteiger partial charge is 0.436 e. The molecule has 0 radical (unpaired) electrons. The standard InChI is InChI=1S/C27H33ClN6O5/c1-27(2,3)32-26(38)39-21(14-17-4-6-18(28)7-5-17)25(37)34-12-10-33(11-13-34)20-8-9-29-24-23(20)19(15-30-24)31-22(36)16-35/h4-9,15,21,35H,10-14,16H2,1-3H3,(H,29,30)(H,31,36)(H,32,38). The zero-order chi connectivity index (χ0) is 28.2. The normalized spacial score (nSPS) is 14.7. The molecule has 39 heavy (non-hydrogen) atoms. The second kappa shape index (κ2) is 11.9. The third-order valence-corrected chi connectivity index (χ3v) is 6.49. The number of piperazine rings is 1. The molecule has 0 bridgehead atoms. The Morgan fingerprint density at radius 1 is 1.13 bits per heavy atom. The van der Waals surface area contributed by atoms with E-state index in [1.54, 1.807) is 29.4 Å². The first-order chi connectivity index (χ1) is 18.5. The van der Waals surface area contributed by atoms with E-state index in [-0.39, 0.29) is 12.3 Å². The number of hydrogen-bond donors (Lipinski definition) is 4. The maximum Gasteiger partial charge on any atom is 0.408 e. The lowest BCUT2D eigenvalue weighted by Gasteiger charge is -2.37. The Hall–Kier alpha value is -3.83. The number of fused-ring (bicyclic) bond motifs is 1. The van der Waals surface area contributed by atoms with Gasteiger partial charge in [0.05, 0.1) is 16.8 Å². The van der Waals surface area contributed by atoms with Crippen molar-refractivity contribution in [2.24, 2.45) is 0 Å². The number of pyridine rings is 1. The number of nitrogens with one attached hydrogen (secondary N) is 3. The van der Waals surface area contributed by atoms with Crippen molar-refractivity contribution in [3.05, 3.63) is 53.3 Å². The molecule has 0 spiro atoms. The molecule has 208 valence electrons. The van der Waals surface area contributed by atoms with Gasteiger partial charge < -0.3 is 35.3 Å². The Balaban J connectivity index is 1.48. The van der Waals surface area contributed by atoms with Crippen LogP contribution in [-0.2, 0) is 20.7 Å². The first-order valence-electron chi connectivity index (χ1n) is 12.7. The monoisotopic (exact) mass is 556 g/mol. The van der Waals surface area contributed by atoms with Crippen molar-refractivity contribution >= 4 is 51.9 Å². The van der Waals surface area contributed by atoms with Gasteiger partial charge in [0, 0.05) is 55.6 Å². The Morgan fingerprint density at radius 2 is 1.82 bits per heavy atom. The molecule has 1 fully saturated rings. The first kappa shape index (κ1) is 28.2. The molecule has 12 heteroatoms. The average Bonchev–Trinajstić information content (AvgIpc) is 3.31. The summed E-state index contributed by atoms with van der Waals surface area (Å²) >= 11 is 6.01. The molecule has 3 amide bonds. The molecule has 1 atom stereocenters. The number of aromatic nitrogens is 2. The number of halogens is 1. The lowest BCUT2D eigenvalue weighted by Crippen LogP contribution is -2.53. The second-order valence-corrected chi connectivity index (χ2v) is 10.8. The molecule has 0 aliphatic carbocycles. The van der Waals surface area contributed by atoms with Crippen LogP contribution >= 0.6 is 11.6 Å². The second-order valence-electron chi connectivity index (χ2n) is 10.4. The van der Waals surface area contributed by atoms with Crippen LogP contribution in [0.3, 0.4) is 0 Å². The third-order valence-electron chi connectivity index (χ3n) is 6.24. The molecule has 1 aliphatic rings. The number of carbonyl (C=O) groups is 3. The highest BCUT2D eigenvalue weighted by atomic mass is 35.5. The number of hydrogen-bond acceptors (Lipinski definition) is 7. The number of aromatic amines is 1. The zero-order valence-electron chi connectivity index (χ0n) is 22.2. The highest BCUT2D eigenvalue weighted by Gasteiger charge is 2.32. The fraction of sp³-hybridized carbons (Fsp3) is 0.407. The van der Waals surface area contributed by atoms with Crippen LogP contribution in [0.15, 0.2) is 42.7 Å². The zero-order valence-corrected chi connectivity index (χ0v) is 22.9. The van der Waals surface area contributed by atoms with E-state index in [9.17, 15) is 14.4 Å². The number of nitrogens with zero attached hydrogens (tertiary/aromatic N) is 3. The minimum atomic E-state index is -1.00. The number of anilines is 2. The predicted octanol–water partition coefficient (Wildman–Crippen LogP) is 2.93. The fourth-order valence-electron chi connectivity index (χ4n) is 4.44. The number of carbonyl (C=O) groups excluding carboxylic acids is 3. The summed E-state index contributed by atoms with van der Waals surface area (Å²) in [5, 5.41) is 15.9. The van der Waals surface area contributed by atoms with Gasteiger partial charge in [-0.25, -0.2) is 9.78 Å². The maximum absolute atomic E-state index is 13.6. The molecule has 3 aromatic rings. The number of H-pyrrole nitrogens is 1. The van der Waals surface area contributed by atoms with Crippen LogP contribution in [0.5, 0.6) is 0 Å². The van der Waals surface area contributed by atoms with Gasteiger partial charge in [0.25, 0.3) is 5.91 Å². The van der Waals surface area contributed by atoms with Crippen molar-refractivity contribution in [2.75, 3.05) is 43.0 Å². The van der Waals surface area contributed by atoms with Gasteiger partial charge in [-0.3, -0.25) is 9.59 Å². The van der Waals surface area contributed by atoms with Gasteiger partial charge in [0.2, 0.25) is 5.91 Å². The summed E-state index contributed by atoms with van der Waals surface area (Å²) in [6.45, 7) is 6.74. The van der Waals surface area contributed by atoms with Gasteiger partial charge in [-0.2, -0.15) is 0 Å². The Bertz CT molecular complexity index is 1330. The molecule has 4 N–H and O–H groups in total. The van der Waals surface area contributed by atoms with E-state index in [4.69, 9.17) is 21.4 Å². The summed E-state index contributed by atoms with van der Waals surface area (Å²) in [6, 6.07) is 8.94. The van der Waals surface area contributed by atoms with Crippen molar-refractivity contribution in [2.45, 2.75) is 38.8 Å². The third kappa shape index (κ3) is 7.18. The van der Waals surface area contributed by atoms with E-state index >= 15 is 0 Å². The van der Waals surface area contributed by atoms with E-state index in [1.807, 2.05) is 39.0 Å². The summed E-state index contributed by atoms with van der Waals surface area (Å²) in [7, 11) is 0. The smallest absolute Gasteiger partial charge is 0.408 e. The predicted molar refractivity (Wildman–Crippen MR) is 149 cm³/mol. The maximum atomic E-state index is 13.6. The minimum absolute atomic E-state index is 0.218. The minimum Gasteiger partial charge on any atom is -0.436 e.